The van der Waals surface area contributed by atoms with Gasteiger partial charge in [-0.3, -0.25) is 14.4 Å². The van der Waals surface area contributed by atoms with Gasteiger partial charge in [0, 0.05) is 6.07 Å². The summed E-state index contributed by atoms with van der Waals surface area (Å²) in [5.41, 5.74) is -1.05. The lowest BCUT2D eigenvalue weighted by atomic mass is 9.81. The summed E-state index contributed by atoms with van der Waals surface area (Å²) in [6, 6.07) is 0.711. The molecule has 88 valence electrons. The van der Waals surface area contributed by atoms with E-state index in [4.69, 9.17) is 0 Å². The predicted molar refractivity (Wildman–Crippen MR) is 54.3 cm³/mol. The van der Waals surface area contributed by atoms with Crippen LogP contribution in [-0.4, -0.2) is 32.7 Å². The van der Waals surface area contributed by atoms with Crippen LogP contribution in [0.15, 0.2) is 6.07 Å². The van der Waals surface area contributed by atoms with Crippen molar-refractivity contribution in [2.45, 2.75) is 6.92 Å². The highest BCUT2D eigenvalue weighted by Crippen LogP contribution is 2.41. The third-order valence-corrected chi connectivity index (χ3v) is 2.74. The molecule has 0 saturated heterocycles. The van der Waals surface area contributed by atoms with Gasteiger partial charge in [0.1, 0.15) is 5.75 Å². The molecule has 0 spiro atoms. The van der Waals surface area contributed by atoms with E-state index >= 15 is 0 Å². The van der Waals surface area contributed by atoms with Crippen molar-refractivity contribution in [2.75, 3.05) is 0 Å². The summed E-state index contributed by atoms with van der Waals surface area (Å²) < 4.78 is 0. The fourth-order valence-corrected chi connectivity index (χ4v) is 1.77. The third kappa shape index (κ3) is 1.30. The Morgan fingerprint density at radius 1 is 0.941 bits per heavy atom. The van der Waals surface area contributed by atoms with Crippen molar-refractivity contribution in [3.8, 4) is 17.2 Å². The number of benzene rings is 1. The van der Waals surface area contributed by atoms with Gasteiger partial charge in [-0.15, -0.1) is 0 Å². The number of ketones is 3. The fraction of sp³-hybridized carbons (Fsp3) is 0.182. The molecule has 0 aromatic heterocycles. The summed E-state index contributed by atoms with van der Waals surface area (Å²) in [7, 11) is 0. The molecule has 1 aliphatic rings. The van der Waals surface area contributed by atoms with Gasteiger partial charge in [0.25, 0.3) is 0 Å². The summed E-state index contributed by atoms with van der Waals surface area (Å²) >= 11 is 0. The van der Waals surface area contributed by atoms with Crippen LogP contribution in [0.2, 0.25) is 0 Å². The maximum absolute atomic E-state index is 11.7. The van der Waals surface area contributed by atoms with Gasteiger partial charge in [-0.05, 0) is 6.92 Å². The molecule has 2 rings (SSSR count). The van der Waals surface area contributed by atoms with Crippen LogP contribution in [0.1, 0.15) is 27.6 Å². The van der Waals surface area contributed by atoms with Crippen molar-refractivity contribution >= 4 is 17.3 Å². The largest absolute Gasteiger partial charge is 0.507 e. The van der Waals surface area contributed by atoms with Crippen LogP contribution in [0, 0.1) is 5.92 Å². The second-order valence-corrected chi connectivity index (χ2v) is 3.79. The van der Waals surface area contributed by atoms with Crippen molar-refractivity contribution in [3.63, 3.8) is 0 Å². The van der Waals surface area contributed by atoms with Crippen LogP contribution in [0.4, 0.5) is 0 Å². The highest BCUT2D eigenvalue weighted by atomic mass is 16.3. The molecule has 1 atom stereocenters. The van der Waals surface area contributed by atoms with Gasteiger partial charge in [0.15, 0.2) is 17.3 Å². The first-order valence-corrected chi connectivity index (χ1v) is 4.77. The van der Waals surface area contributed by atoms with E-state index in [-0.39, 0.29) is 0 Å². The Bertz CT molecular complexity index is 572. The number of phenols is 3. The molecular weight excluding hydrogens is 228 g/mol. The minimum Gasteiger partial charge on any atom is -0.507 e. The average Bonchev–Trinajstić information content (AvgIpc) is 2.28. The molecule has 0 heterocycles. The van der Waals surface area contributed by atoms with E-state index in [1.807, 2.05) is 0 Å². The van der Waals surface area contributed by atoms with Crippen LogP contribution in [0.5, 0.6) is 17.2 Å². The number of phenolic OH excluding ortho intramolecular Hbond substituents is 3. The highest BCUT2D eigenvalue weighted by molar-refractivity contribution is 6.52. The van der Waals surface area contributed by atoms with Crippen molar-refractivity contribution in [3.05, 3.63) is 17.2 Å². The van der Waals surface area contributed by atoms with E-state index < -0.39 is 51.6 Å². The van der Waals surface area contributed by atoms with E-state index in [9.17, 15) is 29.7 Å². The number of hydrogen-bond donors (Lipinski definition) is 3. The zero-order chi connectivity index (χ0) is 12.9. The maximum atomic E-state index is 11.7. The van der Waals surface area contributed by atoms with Gasteiger partial charge < -0.3 is 15.3 Å². The lowest BCUT2D eigenvalue weighted by Gasteiger charge is -2.20. The van der Waals surface area contributed by atoms with Crippen molar-refractivity contribution in [1.29, 1.82) is 0 Å². The fourth-order valence-electron chi connectivity index (χ4n) is 1.77. The lowest BCUT2D eigenvalue weighted by Crippen LogP contribution is -2.35. The Morgan fingerprint density at radius 3 is 2.12 bits per heavy atom. The maximum Gasteiger partial charge on any atom is 0.233 e. The molecule has 1 unspecified atom stereocenters. The van der Waals surface area contributed by atoms with E-state index in [1.54, 1.807) is 0 Å². The molecule has 1 aromatic carbocycles. The van der Waals surface area contributed by atoms with Crippen molar-refractivity contribution < 1.29 is 29.7 Å². The number of hydrogen-bond acceptors (Lipinski definition) is 6. The molecule has 0 radical (unpaired) electrons. The minimum absolute atomic E-state index is 0.500. The molecule has 0 fully saturated rings. The predicted octanol–water partition coefficient (Wildman–Crippen LogP) is 0.388. The van der Waals surface area contributed by atoms with Gasteiger partial charge in [0.2, 0.25) is 11.6 Å². The average molecular weight is 236 g/mol. The van der Waals surface area contributed by atoms with E-state index in [1.165, 1.54) is 6.92 Å². The molecule has 3 N–H and O–H groups in total. The molecule has 0 aliphatic heterocycles. The van der Waals surface area contributed by atoms with Crippen LogP contribution >= 0.6 is 0 Å². The van der Waals surface area contributed by atoms with E-state index in [0.717, 1.165) is 0 Å². The number of aromatic hydroxyl groups is 3. The lowest BCUT2D eigenvalue weighted by molar-refractivity contribution is -0.117. The first-order chi connectivity index (χ1) is 7.86. The van der Waals surface area contributed by atoms with E-state index in [2.05, 4.69) is 0 Å². The number of carbonyl (C=O) groups excluding carboxylic acids is 3. The number of rotatable bonds is 0. The van der Waals surface area contributed by atoms with Gasteiger partial charge >= 0.3 is 0 Å². The van der Waals surface area contributed by atoms with Crippen LogP contribution in [-0.2, 0) is 4.79 Å². The van der Waals surface area contributed by atoms with Crippen LogP contribution < -0.4 is 0 Å². The normalized spacial score (nSPS) is 19.4. The first kappa shape index (κ1) is 11.1. The second kappa shape index (κ2) is 3.31. The molecule has 0 saturated carbocycles. The molecule has 6 nitrogen and oxygen atoms in total. The van der Waals surface area contributed by atoms with Gasteiger partial charge in [-0.1, -0.05) is 0 Å². The summed E-state index contributed by atoms with van der Waals surface area (Å²) in [5, 5.41) is 28.2. The van der Waals surface area contributed by atoms with Crippen molar-refractivity contribution in [1.82, 2.24) is 0 Å². The molecule has 1 aromatic rings. The molecule has 17 heavy (non-hydrogen) atoms. The Labute approximate surface area is 95.1 Å². The molecule has 6 heteroatoms. The standard InChI is InChI=1S/C11H8O6/c1-3-8(14)7-6(11(17)9(3)15)4(12)2-5(13)10(7)16/h2-3,12-13,16H,1H3. The van der Waals surface area contributed by atoms with Gasteiger partial charge in [-0.25, -0.2) is 0 Å². The first-order valence-electron chi connectivity index (χ1n) is 4.77. The summed E-state index contributed by atoms with van der Waals surface area (Å²) in [6.07, 6.45) is 0. The Hall–Kier alpha value is -2.37. The van der Waals surface area contributed by atoms with Crippen LogP contribution in [0.25, 0.3) is 0 Å². The minimum atomic E-state index is -1.22. The van der Waals surface area contributed by atoms with E-state index in [0.29, 0.717) is 6.07 Å². The third-order valence-electron chi connectivity index (χ3n) is 2.74. The Kier molecular flexibility index (Phi) is 2.17. The molecule has 0 amide bonds. The zero-order valence-electron chi connectivity index (χ0n) is 8.72. The summed E-state index contributed by atoms with van der Waals surface area (Å²) in [5.74, 6) is -6.22. The zero-order valence-corrected chi connectivity index (χ0v) is 8.72. The van der Waals surface area contributed by atoms with Crippen molar-refractivity contribution in [2.24, 2.45) is 5.92 Å². The number of Topliss-reactive ketones (excluding diaryl/α,β-unsaturated/α-hetero) is 3. The highest BCUT2D eigenvalue weighted by Gasteiger charge is 2.41. The number of carbonyl (C=O) groups is 3. The Morgan fingerprint density at radius 2 is 1.53 bits per heavy atom. The molecule has 1 aliphatic carbocycles. The van der Waals surface area contributed by atoms with Crippen LogP contribution in [0.3, 0.4) is 0 Å². The summed E-state index contributed by atoms with van der Waals surface area (Å²) in [4.78, 5) is 34.8. The molecular formula is C11H8O6. The van der Waals surface area contributed by atoms with Gasteiger partial charge in [0.05, 0.1) is 17.0 Å². The number of fused-ring (bicyclic) bond motifs is 1. The topological polar surface area (TPSA) is 112 Å². The monoisotopic (exact) mass is 236 g/mol. The SMILES string of the molecule is CC1C(=O)C(=O)c2c(O)cc(O)c(O)c2C1=O. The molecule has 0 bridgehead atoms. The summed E-state index contributed by atoms with van der Waals surface area (Å²) in [6.45, 7) is 1.23. The Balaban J connectivity index is 2.87. The van der Waals surface area contributed by atoms with Gasteiger partial charge in [-0.2, -0.15) is 0 Å². The second-order valence-electron chi connectivity index (χ2n) is 3.79. The quantitative estimate of drug-likeness (QED) is 0.260. The smallest absolute Gasteiger partial charge is 0.233 e.